The SMILES string of the molecule is O=C(CN1C(=O)N[C@](Cc2ccccc2)(c2ccccc2)C1=O)Nc1ccc2c(c1)OC(F)(F)O2. The van der Waals surface area contributed by atoms with Crippen LogP contribution in [0.5, 0.6) is 11.5 Å². The van der Waals surface area contributed by atoms with Crippen molar-refractivity contribution in [2.45, 2.75) is 18.3 Å². The molecule has 2 heterocycles. The number of imide groups is 1. The van der Waals surface area contributed by atoms with Gasteiger partial charge in [0.25, 0.3) is 5.91 Å². The molecule has 0 unspecified atom stereocenters. The molecule has 0 saturated carbocycles. The highest BCUT2D eigenvalue weighted by Gasteiger charge is 2.52. The Hall–Kier alpha value is -4.47. The van der Waals surface area contributed by atoms with Crippen LogP contribution in [0, 0.1) is 0 Å². The van der Waals surface area contributed by atoms with Crippen LogP contribution in [0.2, 0.25) is 0 Å². The van der Waals surface area contributed by atoms with Gasteiger partial charge in [-0.1, -0.05) is 60.7 Å². The van der Waals surface area contributed by atoms with E-state index >= 15 is 0 Å². The molecule has 178 valence electrons. The first-order valence-corrected chi connectivity index (χ1v) is 10.7. The van der Waals surface area contributed by atoms with Crippen molar-refractivity contribution in [3.05, 3.63) is 90.0 Å². The van der Waals surface area contributed by atoms with Gasteiger partial charge in [0, 0.05) is 18.2 Å². The predicted octanol–water partition coefficient (Wildman–Crippen LogP) is 3.64. The molecule has 1 fully saturated rings. The van der Waals surface area contributed by atoms with Gasteiger partial charge in [-0.15, -0.1) is 8.78 Å². The number of nitrogens with zero attached hydrogens (tertiary/aromatic N) is 1. The summed E-state index contributed by atoms with van der Waals surface area (Å²) in [6.45, 7) is -0.571. The van der Waals surface area contributed by atoms with E-state index < -0.39 is 36.2 Å². The Morgan fingerprint density at radius 2 is 1.57 bits per heavy atom. The summed E-state index contributed by atoms with van der Waals surface area (Å²) < 4.78 is 35.2. The molecular formula is C25H19F2N3O5. The molecule has 10 heteroatoms. The number of hydrogen-bond donors (Lipinski definition) is 2. The number of amides is 4. The zero-order valence-electron chi connectivity index (χ0n) is 18.2. The second kappa shape index (κ2) is 8.39. The first-order chi connectivity index (χ1) is 16.8. The van der Waals surface area contributed by atoms with E-state index in [-0.39, 0.29) is 23.6 Å². The summed E-state index contributed by atoms with van der Waals surface area (Å²) in [6.07, 6.45) is -3.60. The summed E-state index contributed by atoms with van der Waals surface area (Å²) in [5.41, 5.74) is 0.167. The van der Waals surface area contributed by atoms with Crippen molar-refractivity contribution in [1.29, 1.82) is 0 Å². The molecule has 0 aliphatic carbocycles. The second-order valence-electron chi connectivity index (χ2n) is 8.13. The fraction of sp³-hybridized carbons (Fsp3) is 0.160. The minimum absolute atomic E-state index is 0.140. The quantitative estimate of drug-likeness (QED) is 0.527. The van der Waals surface area contributed by atoms with Gasteiger partial charge < -0.3 is 20.1 Å². The van der Waals surface area contributed by atoms with Gasteiger partial charge in [0.2, 0.25) is 5.91 Å². The zero-order chi connectivity index (χ0) is 24.6. The molecule has 0 radical (unpaired) electrons. The maximum absolute atomic E-state index is 13.6. The summed E-state index contributed by atoms with van der Waals surface area (Å²) in [5, 5.41) is 5.27. The Morgan fingerprint density at radius 1 is 0.914 bits per heavy atom. The minimum Gasteiger partial charge on any atom is -0.395 e. The molecule has 35 heavy (non-hydrogen) atoms. The maximum atomic E-state index is 13.6. The van der Waals surface area contributed by atoms with E-state index in [1.165, 1.54) is 18.2 Å². The number of ether oxygens (including phenoxy) is 2. The molecule has 2 aliphatic heterocycles. The Labute approximate surface area is 198 Å². The van der Waals surface area contributed by atoms with Crippen molar-refractivity contribution in [2.75, 3.05) is 11.9 Å². The molecule has 5 rings (SSSR count). The first-order valence-electron chi connectivity index (χ1n) is 10.7. The van der Waals surface area contributed by atoms with Crippen LogP contribution in [0.4, 0.5) is 19.3 Å². The van der Waals surface area contributed by atoms with Gasteiger partial charge in [0.15, 0.2) is 17.0 Å². The molecule has 2 N–H and O–H groups in total. The molecule has 0 bridgehead atoms. The number of rotatable bonds is 6. The number of carbonyl (C=O) groups excluding carboxylic acids is 3. The predicted molar refractivity (Wildman–Crippen MR) is 120 cm³/mol. The highest BCUT2D eigenvalue weighted by molar-refractivity contribution is 6.10. The molecule has 2 aliphatic rings. The highest BCUT2D eigenvalue weighted by atomic mass is 19.3. The van der Waals surface area contributed by atoms with Gasteiger partial charge in [-0.3, -0.25) is 14.5 Å². The van der Waals surface area contributed by atoms with Crippen LogP contribution in [-0.2, 0) is 21.5 Å². The number of carbonyl (C=O) groups is 3. The van der Waals surface area contributed by atoms with Gasteiger partial charge in [-0.25, -0.2) is 4.79 Å². The van der Waals surface area contributed by atoms with E-state index in [2.05, 4.69) is 20.1 Å². The second-order valence-corrected chi connectivity index (χ2v) is 8.13. The molecule has 0 aromatic heterocycles. The van der Waals surface area contributed by atoms with Crippen molar-refractivity contribution in [2.24, 2.45) is 0 Å². The van der Waals surface area contributed by atoms with Gasteiger partial charge >= 0.3 is 12.3 Å². The fourth-order valence-electron chi connectivity index (χ4n) is 4.18. The molecule has 4 amide bonds. The minimum atomic E-state index is -3.79. The summed E-state index contributed by atoms with van der Waals surface area (Å²) in [4.78, 5) is 40.0. The van der Waals surface area contributed by atoms with Crippen molar-refractivity contribution in [1.82, 2.24) is 10.2 Å². The summed E-state index contributed by atoms with van der Waals surface area (Å²) in [7, 11) is 0. The fourth-order valence-corrected chi connectivity index (χ4v) is 4.18. The molecule has 1 atom stereocenters. The van der Waals surface area contributed by atoms with E-state index in [4.69, 9.17) is 0 Å². The molecule has 3 aromatic carbocycles. The molecule has 3 aromatic rings. The van der Waals surface area contributed by atoms with E-state index in [0.29, 0.717) is 5.56 Å². The molecule has 0 spiro atoms. The van der Waals surface area contributed by atoms with Crippen molar-refractivity contribution in [3.8, 4) is 11.5 Å². The summed E-state index contributed by atoms with van der Waals surface area (Å²) in [5.74, 6) is -1.68. The monoisotopic (exact) mass is 479 g/mol. The summed E-state index contributed by atoms with van der Waals surface area (Å²) in [6, 6.07) is 21.1. The van der Waals surface area contributed by atoms with E-state index in [0.717, 1.165) is 10.5 Å². The Kier molecular flexibility index (Phi) is 5.35. The number of nitrogens with one attached hydrogen (secondary N) is 2. The van der Waals surface area contributed by atoms with E-state index in [1.807, 2.05) is 30.3 Å². The maximum Gasteiger partial charge on any atom is 0.586 e. The average Bonchev–Trinajstić information content (AvgIpc) is 3.27. The number of halogens is 2. The van der Waals surface area contributed by atoms with Crippen LogP contribution in [0.25, 0.3) is 0 Å². The lowest BCUT2D eigenvalue weighted by atomic mass is 9.83. The van der Waals surface area contributed by atoms with Crippen molar-refractivity contribution >= 4 is 23.5 Å². The highest BCUT2D eigenvalue weighted by Crippen LogP contribution is 2.42. The Balaban J connectivity index is 1.36. The number of benzene rings is 3. The lowest BCUT2D eigenvalue weighted by Crippen LogP contribution is -2.46. The molecule has 8 nitrogen and oxygen atoms in total. The van der Waals surface area contributed by atoms with Crippen molar-refractivity contribution < 1.29 is 32.6 Å². The normalized spacial score (nSPS) is 20.0. The lowest BCUT2D eigenvalue weighted by molar-refractivity contribution is -0.286. The standard InChI is InChI=1S/C25H19F2N3O5/c26-25(27)34-19-12-11-18(13-20(19)35-25)28-21(31)15-30-22(32)24(29-23(30)33,17-9-5-2-6-10-17)14-16-7-3-1-4-8-16/h1-13H,14-15H2,(H,28,31)(H,29,33)/t24-/m1/s1. The van der Waals surface area contributed by atoms with Crippen LogP contribution < -0.4 is 20.1 Å². The smallest absolute Gasteiger partial charge is 0.395 e. The van der Waals surface area contributed by atoms with Gasteiger partial charge in [0.1, 0.15) is 6.54 Å². The number of fused-ring (bicyclic) bond motifs is 1. The summed E-state index contributed by atoms with van der Waals surface area (Å²) >= 11 is 0. The van der Waals surface area contributed by atoms with Crippen LogP contribution in [0.15, 0.2) is 78.9 Å². The van der Waals surface area contributed by atoms with Gasteiger partial charge in [-0.2, -0.15) is 0 Å². The van der Waals surface area contributed by atoms with Crippen LogP contribution in [-0.4, -0.2) is 35.6 Å². The number of anilines is 1. The van der Waals surface area contributed by atoms with Crippen LogP contribution in [0.1, 0.15) is 11.1 Å². The van der Waals surface area contributed by atoms with Gasteiger partial charge in [0.05, 0.1) is 0 Å². The third kappa shape index (κ3) is 4.25. The van der Waals surface area contributed by atoms with E-state index in [1.54, 1.807) is 30.3 Å². The lowest BCUT2D eigenvalue weighted by Gasteiger charge is -2.27. The average molecular weight is 479 g/mol. The molecular weight excluding hydrogens is 460 g/mol. The van der Waals surface area contributed by atoms with Gasteiger partial charge in [-0.05, 0) is 23.3 Å². The first kappa shape index (κ1) is 22.3. The number of alkyl halides is 2. The Morgan fingerprint density at radius 3 is 2.29 bits per heavy atom. The topological polar surface area (TPSA) is 97.0 Å². The zero-order valence-corrected chi connectivity index (χ0v) is 18.2. The van der Waals surface area contributed by atoms with Crippen LogP contribution in [0.3, 0.4) is 0 Å². The Bertz CT molecular complexity index is 1300. The molecule has 1 saturated heterocycles. The van der Waals surface area contributed by atoms with Crippen molar-refractivity contribution in [3.63, 3.8) is 0 Å². The number of hydrogen-bond acceptors (Lipinski definition) is 5. The van der Waals surface area contributed by atoms with Crippen LogP contribution >= 0.6 is 0 Å². The number of urea groups is 1. The largest absolute Gasteiger partial charge is 0.586 e. The third-order valence-electron chi connectivity index (χ3n) is 5.74. The third-order valence-corrected chi connectivity index (χ3v) is 5.74. The van der Waals surface area contributed by atoms with E-state index in [9.17, 15) is 23.2 Å².